The Morgan fingerprint density at radius 3 is 2.47 bits per heavy atom. The maximum atomic E-state index is 5.89. The minimum atomic E-state index is 0.265. The number of anilines is 1. The van der Waals surface area contributed by atoms with Crippen LogP contribution in [0.25, 0.3) is 0 Å². The Kier molecular flexibility index (Phi) is 2.70. The van der Waals surface area contributed by atoms with Gasteiger partial charge in [0.05, 0.1) is 5.54 Å². The quantitative estimate of drug-likeness (QED) is 0.815. The lowest BCUT2D eigenvalue weighted by Gasteiger charge is -2.33. The van der Waals surface area contributed by atoms with E-state index < -0.39 is 0 Å². The summed E-state index contributed by atoms with van der Waals surface area (Å²) < 4.78 is 0. The van der Waals surface area contributed by atoms with Crippen molar-refractivity contribution in [3.05, 3.63) is 29.8 Å². The van der Waals surface area contributed by atoms with Gasteiger partial charge in [-0.05, 0) is 38.3 Å². The van der Waals surface area contributed by atoms with Gasteiger partial charge < -0.3 is 10.6 Å². The van der Waals surface area contributed by atoms with Crippen molar-refractivity contribution in [1.82, 2.24) is 0 Å². The molecule has 1 fully saturated rings. The van der Waals surface area contributed by atoms with Crippen molar-refractivity contribution in [1.29, 1.82) is 0 Å². The number of hydrogen-bond acceptors (Lipinski definition) is 2. The zero-order chi connectivity index (χ0) is 10.9. The van der Waals surface area contributed by atoms with E-state index in [0.717, 1.165) is 13.1 Å². The molecule has 0 heterocycles. The fourth-order valence-corrected chi connectivity index (χ4v) is 2.36. The lowest BCUT2D eigenvalue weighted by atomic mass is 10.1. The van der Waals surface area contributed by atoms with Gasteiger partial charge >= 0.3 is 0 Å². The molecule has 0 aromatic heterocycles. The van der Waals surface area contributed by atoms with Crippen molar-refractivity contribution in [2.45, 2.75) is 32.2 Å². The van der Waals surface area contributed by atoms with Crippen molar-refractivity contribution >= 4 is 5.69 Å². The average Bonchev–Trinajstić information content (AvgIpc) is 3.03. The summed E-state index contributed by atoms with van der Waals surface area (Å²) in [5.41, 5.74) is 8.85. The Hall–Kier alpha value is -1.02. The summed E-state index contributed by atoms with van der Waals surface area (Å²) in [5.74, 6) is 0. The summed E-state index contributed by atoms with van der Waals surface area (Å²) >= 11 is 0. The molecule has 1 saturated carbocycles. The first-order chi connectivity index (χ1) is 7.23. The molecular weight excluding hydrogens is 184 g/mol. The highest BCUT2D eigenvalue weighted by molar-refractivity contribution is 5.56. The molecule has 0 radical (unpaired) electrons. The standard InChI is InChI=1S/C13H20N2/c1-3-15(13(10-14)8-9-13)12-7-5-4-6-11(12)2/h4-7H,3,8-10,14H2,1-2H3. The number of nitrogens with zero attached hydrogens (tertiary/aromatic N) is 1. The highest BCUT2D eigenvalue weighted by atomic mass is 15.2. The molecule has 2 rings (SSSR count). The van der Waals surface area contributed by atoms with Gasteiger partial charge in [-0.3, -0.25) is 0 Å². The lowest BCUT2D eigenvalue weighted by molar-refractivity contribution is 0.602. The zero-order valence-electron chi connectivity index (χ0n) is 9.66. The third kappa shape index (κ3) is 1.74. The van der Waals surface area contributed by atoms with Crippen LogP contribution in [-0.4, -0.2) is 18.6 Å². The van der Waals surface area contributed by atoms with Crippen LogP contribution in [0.15, 0.2) is 24.3 Å². The maximum absolute atomic E-state index is 5.89. The first kappa shape index (κ1) is 10.5. The van der Waals surface area contributed by atoms with Crippen LogP contribution in [0.1, 0.15) is 25.3 Å². The van der Waals surface area contributed by atoms with Gasteiger partial charge in [0, 0.05) is 18.8 Å². The molecule has 0 saturated heterocycles. The molecule has 1 aromatic carbocycles. The topological polar surface area (TPSA) is 29.3 Å². The Bertz CT molecular complexity index is 342. The predicted octanol–water partition coefficient (Wildman–Crippen LogP) is 2.31. The van der Waals surface area contributed by atoms with Gasteiger partial charge in [0.15, 0.2) is 0 Å². The van der Waals surface area contributed by atoms with Crippen LogP contribution in [0.4, 0.5) is 5.69 Å². The number of hydrogen-bond donors (Lipinski definition) is 1. The van der Waals surface area contributed by atoms with Crippen LogP contribution in [0.5, 0.6) is 0 Å². The molecule has 0 aliphatic heterocycles. The van der Waals surface area contributed by atoms with Gasteiger partial charge in [-0.25, -0.2) is 0 Å². The van der Waals surface area contributed by atoms with Crippen LogP contribution >= 0.6 is 0 Å². The maximum Gasteiger partial charge on any atom is 0.0525 e. The molecule has 1 aliphatic carbocycles. The summed E-state index contributed by atoms with van der Waals surface area (Å²) in [6.45, 7) is 6.20. The molecule has 2 nitrogen and oxygen atoms in total. The lowest BCUT2D eigenvalue weighted by Crippen LogP contribution is -2.43. The van der Waals surface area contributed by atoms with Gasteiger partial charge in [-0.2, -0.15) is 0 Å². The van der Waals surface area contributed by atoms with Gasteiger partial charge in [0.1, 0.15) is 0 Å². The Morgan fingerprint density at radius 1 is 1.33 bits per heavy atom. The second-order valence-electron chi connectivity index (χ2n) is 4.46. The zero-order valence-corrected chi connectivity index (χ0v) is 9.66. The molecule has 0 atom stereocenters. The van der Waals surface area contributed by atoms with Crippen LogP contribution in [0.3, 0.4) is 0 Å². The molecule has 0 spiro atoms. The van der Waals surface area contributed by atoms with E-state index in [4.69, 9.17) is 5.73 Å². The van der Waals surface area contributed by atoms with Crippen LogP contribution in [0, 0.1) is 6.92 Å². The van der Waals surface area contributed by atoms with E-state index in [9.17, 15) is 0 Å². The Labute approximate surface area is 92.1 Å². The third-order valence-electron chi connectivity index (χ3n) is 3.50. The number of nitrogens with two attached hydrogens (primary N) is 1. The molecule has 2 N–H and O–H groups in total. The van der Waals surface area contributed by atoms with E-state index in [1.807, 2.05) is 0 Å². The molecule has 0 bridgehead atoms. The molecule has 82 valence electrons. The van der Waals surface area contributed by atoms with Gasteiger partial charge in [0.25, 0.3) is 0 Å². The normalized spacial score (nSPS) is 17.5. The summed E-state index contributed by atoms with van der Waals surface area (Å²) in [6, 6.07) is 8.57. The predicted molar refractivity (Wildman–Crippen MR) is 65.2 cm³/mol. The van der Waals surface area contributed by atoms with Crippen molar-refractivity contribution in [2.75, 3.05) is 18.0 Å². The van der Waals surface area contributed by atoms with Crippen molar-refractivity contribution in [3.8, 4) is 0 Å². The minimum Gasteiger partial charge on any atom is -0.365 e. The highest BCUT2D eigenvalue weighted by Crippen LogP contribution is 2.43. The number of para-hydroxylation sites is 1. The number of likely N-dealkylation sites (N-methyl/N-ethyl adjacent to an activating group) is 1. The fourth-order valence-electron chi connectivity index (χ4n) is 2.36. The summed E-state index contributed by atoms with van der Waals surface area (Å²) in [6.07, 6.45) is 2.48. The van der Waals surface area contributed by atoms with E-state index >= 15 is 0 Å². The molecule has 15 heavy (non-hydrogen) atoms. The van der Waals surface area contributed by atoms with Crippen molar-refractivity contribution < 1.29 is 0 Å². The smallest absolute Gasteiger partial charge is 0.0525 e. The van der Waals surface area contributed by atoms with Gasteiger partial charge in [-0.1, -0.05) is 18.2 Å². The molecule has 0 amide bonds. The Morgan fingerprint density at radius 2 is 2.00 bits per heavy atom. The molecule has 1 aliphatic rings. The van der Waals surface area contributed by atoms with E-state index in [1.54, 1.807) is 0 Å². The monoisotopic (exact) mass is 204 g/mol. The second-order valence-corrected chi connectivity index (χ2v) is 4.46. The molecule has 1 aromatic rings. The van der Waals surface area contributed by atoms with E-state index in [2.05, 4.69) is 43.0 Å². The van der Waals surface area contributed by atoms with E-state index in [-0.39, 0.29) is 5.54 Å². The molecule has 0 unspecified atom stereocenters. The van der Waals surface area contributed by atoms with Gasteiger partial charge in [0.2, 0.25) is 0 Å². The fraction of sp³-hybridized carbons (Fsp3) is 0.538. The van der Waals surface area contributed by atoms with Crippen LogP contribution < -0.4 is 10.6 Å². The average molecular weight is 204 g/mol. The SMILES string of the molecule is CCN(c1ccccc1C)C1(CN)CC1. The summed E-state index contributed by atoms with van der Waals surface area (Å²) in [7, 11) is 0. The number of aryl methyl sites for hydroxylation is 1. The van der Waals surface area contributed by atoms with Crippen molar-refractivity contribution in [3.63, 3.8) is 0 Å². The molecular formula is C13H20N2. The first-order valence-corrected chi connectivity index (χ1v) is 5.77. The Balaban J connectivity index is 2.31. The van der Waals surface area contributed by atoms with Crippen molar-refractivity contribution in [2.24, 2.45) is 5.73 Å². The third-order valence-corrected chi connectivity index (χ3v) is 3.50. The molecule has 2 heteroatoms. The highest BCUT2D eigenvalue weighted by Gasteiger charge is 2.46. The van der Waals surface area contributed by atoms with E-state index in [0.29, 0.717) is 0 Å². The number of benzene rings is 1. The number of rotatable bonds is 4. The van der Waals surface area contributed by atoms with Crippen LogP contribution in [0.2, 0.25) is 0 Å². The van der Waals surface area contributed by atoms with E-state index in [1.165, 1.54) is 24.1 Å². The summed E-state index contributed by atoms with van der Waals surface area (Å²) in [5, 5.41) is 0. The first-order valence-electron chi connectivity index (χ1n) is 5.77. The minimum absolute atomic E-state index is 0.265. The largest absolute Gasteiger partial charge is 0.365 e. The second kappa shape index (κ2) is 3.86. The van der Waals surface area contributed by atoms with Gasteiger partial charge in [-0.15, -0.1) is 0 Å². The van der Waals surface area contributed by atoms with Crippen LogP contribution in [-0.2, 0) is 0 Å². The summed E-state index contributed by atoms with van der Waals surface area (Å²) in [4.78, 5) is 2.47.